The number of pyridine rings is 2. The van der Waals surface area contributed by atoms with Crippen LogP contribution in [0.25, 0.3) is 11.6 Å². The Morgan fingerprint density at radius 2 is 1.15 bits per heavy atom. The number of carbonyl (C=O) groups excluding carboxylic acids is 1. The first kappa shape index (κ1) is 53.9. The number of amides is 1. The third kappa shape index (κ3) is 16.9. The van der Waals surface area contributed by atoms with Crippen molar-refractivity contribution >= 4 is 86.1 Å². The smallest absolute Gasteiger partial charge is 0.338 e. The summed E-state index contributed by atoms with van der Waals surface area (Å²) in [6.45, 7) is 9.31. The van der Waals surface area contributed by atoms with E-state index >= 15 is 0 Å². The van der Waals surface area contributed by atoms with E-state index in [-0.39, 0.29) is 73.2 Å². The molecule has 1 amide bonds. The number of rotatable bonds is 13. The van der Waals surface area contributed by atoms with E-state index in [1.54, 1.807) is 54.9 Å². The summed E-state index contributed by atoms with van der Waals surface area (Å²) in [5.74, 6) is -0.179. The Hall–Kier alpha value is -4.01. The molecule has 0 spiro atoms. The molecule has 2 saturated carbocycles. The van der Waals surface area contributed by atoms with Gasteiger partial charge in [0.15, 0.2) is 11.6 Å². The predicted octanol–water partition coefficient (Wildman–Crippen LogP) is 7.37. The number of halogens is 3. The van der Waals surface area contributed by atoms with E-state index in [0.717, 1.165) is 24.0 Å². The van der Waals surface area contributed by atoms with E-state index < -0.39 is 31.9 Å². The van der Waals surface area contributed by atoms with Crippen LogP contribution < -0.4 is 19.3 Å². The molecule has 4 N–H and O–H groups in total. The molecule has 0 unspecified atom stereocenters. The number of nitrogens with two attached hydrogens (primary N) is 1. The second kappa shape index (κ2) is 24.5. The molecule has 2 aliphatic carbocycles. The first-order valence-electron chi connectivity index (χ1n) is 20.8. The van der Waals surface area contributed by atoms with Gasteiger partial charge in [-0.25, -0.2) is 50.8 Å². The summed E-state index contributed by atoms with van der Waals surface area (Å²) < 4.78 is 74.1. The van der Waals surface area contributed by atoms with Crippen LogP contribution in [-0.2, 0) is 20.0 Å². The number of hydrogen-bond acceptors (Lipinski definition) is 12. The largest absolute Gasteiger partial charge is 0.478 e. The fourth-order valence-electron chi connectivity index (χ4n) is 5.35. The van der Waals surface area contributed by atoms with Gasteiger partial charge in [-0.2, -0.15) is 0 Å². The Balaban J connectivity index is 0.000000286. The van der Waals surface area contributed by atoms with Crippen molar-refractivity contribution < 1.29 is 73.5 Å². The average molecular weight is 1330 g/mol. The summed E-state index contributed by atoms with van der Waals surface area (Å²) in [4.78, 5) is 32.2. The van der Waals surface area contributed by atoms with Crippen LogP contribution in [0.2, 0.25) is 10.3 Å². The molecule has 0 saturated heterocycles. The number of nitrogens with one attached hydrogen (secondary N) is 1. The number of benzene rings is 2. The van der Waals surface area contributed by atoms with E-state index in [9.17, 15) is 26.4 Å². The van der Waals surface area contributed by atoms with Crippen LogP contribution in [0.4, 0.5) is 0 Å². The number of sulfonamides is 2. The number of ether oxygens (including phenoxy) is 2. The number of aryl methyl sites for hydroxylation is 2. The molecule has 4 heterocycles. The molecule has 2 aromatic carbocycles. The van der Waals surface area contributed by atoms with Crippen LogP contribution in [0.1, 0.15) is 72.7 Å². The summed E-state index contributed by atoms with van der Waals surface area (Å²) in [6.07, 6.45) is 8.03. The molecule has 0 atom stereocenters. The van der Waals surface area contributed by atoms with Gasteiger partial charge in [-0.1, -0.05) is 95.0 Å². The molecular weight excluding hydrogens is 1280 g/mol. The van der Waals surface area contributed by atoms with E-state index in [0.29, 0.717) is 41.5 Å². The quantitative estimate of drug-likeness (QED) is 0.0444. The molecule has 4 aromatic heterocycles. The van der Waals surface area contributed by atoms with Crippen molar-refractivity contribution in [2.75, 3.05) is 18.1 Å². The third-order valence-electron chi connectivity index (χ3n) is 9.99. The molecule has 2 aliphatic rings. The van der Waals surface area contributed by atoms with Crippen LogP contribution in [0, 0.1) is 55.8 Å². The summed E-state index contributed by atoms with van der Waals surface area (Å²) in [6, 6.07) is 21.9. The Morgan fingerprint density at radius 3 is 1.51 bits per heavy atom. The van der Waals surface area contributed by atoms with Crippen molar-refractivity contribution in [2.45, 2.75) is 63.2 Å². The van der Waals surface area contributed by atoms with Crippen LogP contribution in [0.5, 0.6) is 11.8 Å². The average Bonchev–Trinajstić information content (AvgIpc) is 4.05. The Morgan fingerprint density at radius 1 is 0.761 bits per heavy atom. The normalized spacial score (nSPS) is 14.0. The van der Waals surface area contributed by atoms with Crippen molar-refractivity contribution in [3.05, 3.63) is 130 Å². The fourth-order valence-corrected chi connectivity index (χ4v) is 7.30. The Bertz CT molecular complexity index is 2900. The predicted molar refractivity (Wildman–Crippen MR) is 261 cm³/mol. The zero-order valence-electron chi connectivity index (χ0n) is 38.7. The van der Waals surface area contributed by atoms with Gasteiger partial charge in [-0.3, -0.25) is 4.79 Å². The number of hydrogen-bond donors (Lipinski definition) is 3. The van der Waals surface area contributed by atoms with Gasteiger partial charge in [0.05, 0.1) is 34.1 Å². The fraction of sp³-hybridized carbons (Fsp3) is 0.302. The van der Waals surface area contributed by atoms with Crippen LogP contribution in [-0.4, -0.2) is 91.2 Å². The van der Waals surface area contributed by atoms with Gasteiger partial charge in [0, 0.05) is 76.2 Å². The second-order valence-corrected chi connectivity index (χ2v) is 19.8. The minimum atomic E-state index is -4.03. The van der Waals surface area contributed by atoms with Gasteiger partial charge < -0.3 is 14.6 Å². The molecule has 24 heteroatoms. The van der Waals surface area contributed by atoms with E-state index in [1.165, 1.54) is 64.7 Å². The number of alkyl halides is 1. The zero-order chi connectivity index (χ0) is 50.5. The Labute approximate surface area is 441 Å². The molecule has 17 nitrogen and oxygen atoms in total. The molecule has 8 rings (SSSR count). The minimum absolute atomic E-state index is 0. The molecule has 354 valence electrons. The maximum Gasteiger partial charge on any atom is 0.338 e. The number of aromatic carboxylic acids is 1. The first-order valence-corrected chi connectivity index (χ1v) is 24.9. The van der Waals surface area contributed by atoms with Crippen LogP contribution >= 0.6 is 45.8 Å². The molecule has 2 fully saturated rings. The second-order valence-electron chi connectivity index (χ2n) is 15.8. The Kier molecular flexibility index (Phi) is 19.7. The minimum Gasteiger partial charge on any atom is -0.478 e. The van der Waals surface area contributed by atoms with Crippen LogP contribution in [0.3, 0.4) is 0 Å². The van der Waals surface area contributed by atoms with Gasteiger partial charge in [-0.05, 0) is 94.3 Å². The van der Waals surface area contributed by atoms with E-state index in [4.69, 9.17) is 45.6 Å². The number of carboxylic acid groups (broad SMARTS) is 1. The number of carboxylic acids is 1. The van der Waals surface area contributed by atoms with Gasteiger partial charge in [0.2, 0.25) is 21.8 Å². The maximum atomic E-state index is 12.5. The summed E-state index contributed by atoms with van der Waals surface area (Å²) in [5, 5.41) is 22.2. The molecule has 0 bridgehead atoms. The molecular formula is C43H48BCl2IN8O9S2U. The van der Waals surface area contributed by atoms with Crippen molar-refractivity contribution in [1.29, 1.82) is 1.34 Å². The number of carbonyl (C=O) groups is 2. The standard InChI is InChI=1S/C21H21ClN4O4S.C14H14ClN3O3.C7H9NO2S.CH3I.BH.U/c1-14-3-5-15(6-4-14)31(28,29)25-20(27)16-7-8-17(23-19(16)22)26-12-9-18(24-26)30-13-21(2)10-11-21;1-14(5-6-14)8-21-11-4-7-18(17-11)10-3-2-9(13(19)20)12(15)16-10;1-6-2-4-7(5-3-6)11(8,9)10;1-2;;/h3-9,12H,10-11,13H2,1-2H3,(H,25,27);2-4,7H,5-6,8H2,1H3,(H,19,20);2-5H,1H3,(H2,8,9,10);1H3;1H;/i;;;2*1D;. The van der Waals surface area contributed by atoms with Crippen molar-refractivity contribution in [3.8, 4) is 23.4 Å². The van der Waals surface area contributed by atoms with Gasteiger partial charge in [-0.15, -0.1) is 10.2 Å². The molecule has 0 aliphatic heterocycles. The molecule has 67 heavy (non-hydrogen) atoms. The summed E-state index contributed by atoms with van der Waals surface area (Å²) in [5.41, 5.74) is 2.34. The topological polar surface area (TPSA) is 241 Å². The van der Waals surface area contributed by atoms with E-state index in [2.05, 4.69) is 42.4 Å². The summed E-state index contributed by atoms with van der Waals surface area (Å²) >= 11 is 14.0. The van der Waals surface area contributed by atoms with Crippen molar-refractivity contribution in [3.63, 3.8) is 0 Å². The van der Waals surface area contributed by atoms with Crippen molar-refractivity contribution in [1.82, 2.24) is 34.3 Å². The molecule has 6 aromatic rings. The first-order chi connectivity index (χ1) is 32.0. The SMILES string of the molecule is CC1(COc2ccn(-c3ccc(C(=O)O)c(Cl)n3)n2)CC1.Cc1ccc(S(=O)(=O)NC(=O)c2ccc(-n3ccc(OCC4(C)CC4)n3)nc2Cl)cc1.Cc1ccc(S(N)(=O)=O)cc1.[2H]CI.[2H][B].[U]. The molecule has 2 radical (unpaired) electrons. The summed E-state index contributed by atoms with van der Waals surface area (Å²) in [7, 11) is -3.80. The van der Waals surface area contributed by atoms with Gasteiger partial charge in [0.25, 0.3) is 15.9 Å². The number of aromatic nitrogens is 6. The zero-order valence-corrected chi connectivity index (χ0v) is 46.2. The monoisotopic (exact) mass is 1330 g/mol. The number of nitrogens with zero attached hydrogens (tertiary/aromatic N) is 6. The van der Waals surface area contributed by atoms with Crippen molar-refractivity contribution in [2.24, 2.45) is 16.0 Å². The third-order valence-corrected chi connectivity index (χ3v) is 12.8. The van der Waals surface area contributed by atoms with Gasteiger partial charge in [0.1, 0.15) is 10.3 Å². The number of primary sulfonamides is 1. The maximum absolute atomic E-state index is 12.5. The van der Waals surface area contributed by atoms with E-state index in [1.807, 2.05) is 41.2 Å². The van der Waals surface area contributed by atoms with Crippen LogP contribution in [0.15, 0.2) is 107 Å². The van der Waals surface area contributed by atoms with Gasteiger partial charge >= 0.3 is 5.97 Å².